The zero-order chi connectivity index (χ0) is 9.71. The Morgan fingerprint density at radius 2 is 2.00 bits per heavy atom. The van der Waals surface area contributed by atoms with Crippen LogP contribution in [0.4, 0.5) is 0 Å². The van der Waals surface area contributed by atoms with Crippen LogP contribution in [0.15, 0.2) is 23.3 Å². The molecule has 1 heterocycles. The Labute approximate surface area is 86.3 Å². The minimum absolute atomic E-state index is 0.744. The molecule has 1 fully saturated rings. The molecule has 3 aliphatic rings. The molecule has 0 aromatic heterocycles. The van der Waals surface area contributed by atoms with Gasteiger partial charge in [-0.05, 0) is 35.7 Å². The molecule has 0 amide bonds. The van der Waals surface area contributed by atoms with Crippen LogP contribution in [0.25, 0.3) is 0 Å². The number of piperidine rings is 1. The summed E-state index contributed by atoms with van der Waals surface area (Å²) in [5, 5.41) is 3.56. The molecule has 0 spiro atoms. The van der Waals surface area contributed by atoms with Crippen LogP contribution in [0.1, 0.15) is 20.3 Å². The van der Waals surface area contributed by atoms with Crippen molar-refractivity contribution in [2.45, 2.75) is 20.3 Å². The van der Waals surface area contributed by atoms with Crippen molar-refractivity contribution in [1.29, 1.82) is 0 Å². The quantitative estimate of drug-likeness (QED) is 0.617. The minimum atomic E-state index is 0.744. The van der Waals surface area contributed by atoms with E-state index in [1.54, 1.807) is 11.1 Å². The van der Waals surface area contributed by atoms with Gasteiger partial charge in [0.15, 0.2) is 0 Å². The van der Waals surface area contributed by atoms with E-state index in [1.165, 1.54) is 19.5 Å². The van der Waals surface area contributed by atoms with Gasteiger partial charge in [0.05, 0.1) is 0 Å². The summed E-state index contributed by atoms with van der Waals surface area (Å²) in [7, 11) is 0. The largest absolute Gasteiger partial charge is 0.316 e. The van der Waals surface area contributed by atoms with Gasteiger partial charge in [-0.2, -0.15) is 0 Å². The molecule has 1 heteroatoms. The lowest BCUT2D eigenvalue weighted by Gasteiger charge is -2.27. The van der Waals surface area contributed by atoms with E-state index in [2.05, 4.69) is 31.3 Å². The first-order chi connectivity index (χ1) is 6.77. The molecule has 0 aromatic rings. The molecule has 76 valence electrons. The van der Waals surface area contributed by atoms with Crippen molar-refractivity contribution >= 4 is 0 Å². The predicted molar refractivity (Wildman–Crippen MR) is 59.0 cm³/mol. The molecule has 4 unspecified atom stereocenters. The number of nitrogens with one attached hydrogen (secondary N) is 1. The van der Waals surface area contributed by atoms with E-state index in [0.29, 0.717) is 0 Å². The second-order valence-corrected chi connectivity index (χ2v) is 5.21. The maximum absolute atomic E-state index is 3.56. The molecule has 0 radical (unpaired) electrons. The van der Waals surface area contributed by atoms with Crippen molar-refractivity contribution in [3.8, 4) is 0 Å². The maximum Gasteiger partial charge on any atom is 0.00206 e. The number of rotatable bonds is 0. The van der Waals surface area contributed by atoms with E-state index in [0.717, 1.165) is 23.7 Å². The van der Waals surface area contributed by atoms with Crippen LogP contribution in [0, 0.1) is 23.7 Å². The topological polar surface area (TPSA) is 12.0 Å². The smallest absolute Gasteiger partial charge is 0.00206 e. The van der Waals surface area contributed by atoms with Gasteiger partial charge in [-0.3, -0.25) is 0 Å². The van der Waals surface area contributed by atoms with Crippen molar-refractivity contribution in [2.24, 2.45) is 23.7 Å². The highest BCUT2D eigenvalue weighted by molar-refractivity contribution is 5.41. The van der Waals surface area contributed by atoms with Gasteiger partial charge in [0, 0.05) is 13.1 Å². The fourth-order valence-corrected chi connectivity index (χ4v) is 3.46. The first kappa shape index (κ1) is 8.72. The van der Waals surface area contributed by atoms with Crippen molar-refractivity contribution in [2.75, 3.05) is 13.1 Å². The van der Waals surface area contributed by atoms with Crippen molar-refractivity contribution in [3.05, 3.63) is 23.3 Å². The minimum Gasteiger partial charge on any atom is -0.316 e. The zero-order valence-electron chi connectivity index (χ0n) is 9.09. The van der Waals surface area contributed by atoms with Gasteiger partial charge in [0.2, 0.25) is 0 Å². The average molecular weight is 189 g/mol. The molecule has 0 aromatic carbocycles. The van der Waals surface area contributed by atoms with Gasteiger partial charge in [0.1, 0.15) is 0 Å². The molecule has 14 heavy (non-hydrogen) atoms. The molecule has 3 rings (SSSR count). The molecule has 1 N–H and O–H groups in total. The van der Waals surface area contributed by atoms with Crippen molar-refractivity contribution in [1.82, 2.24) is 5.32 Å². The third-order valence-electron chi connectivity index (χ3n) is 4.42. The lowest BCUT2D eigenvalue weighted by Crippen LogP contribution is -2.33. The van der Waals surface area contributed by atoms with Gasteiger partial charge in [-0.1, -0.05) is 31.6 Å². The summed E-state index contributed by atoms with van der Waals surface area (Å²) < 4.78 is 0. The Kier molecular flexibility index (Phi) is 1.85. The van der Waals surface area contributed by atoms with Crippen LogP contribution in [-0.4, -0.2) is 13.1 Å². The summed E-state index contributed by atoms with van der Waals surface area (Å²) in [4.78, 5) is 0. The Morgan fingerprint density at radius 3 is 2.86 bits per heavy atom. The van der Waals surface area contributed by atoms with Crippen molar-refractivity contribution in [3.63, 3.8) is 0 Å². The normalized spacial score (nSPS) is 45.6. The van der Waals surface area contributed by atoms with Crippen molar-refractivity contribution < 1.29 is 0 Å². The Bertz CT molecular complexity index is 313. The molecule has 4 atom stereocenters. The first-order valence-electron chi connectivity index (χ1n) is 5.90. The number of fused-ring (bicyclic) bond motifs is 4. The van der Waals surface area contributed by atoms with Crippen LogP contribution < -0.4 is 5.32 Å². The molecule has 2 aliphatic carbocycles. The fourth-order valence-electron chi connectivity index (χ4n) is 3.46. The number of hydrogen-bond donors (Lipinski definition) is 1. The van der Waals surface area contributed by atoms with E-state index < -0.39 is 0 Å². The summed E-state index contributed by atoms with van der Waals surface area (Å²) in [6, 6.07) is 0. The monoisotopic (exact) mass is 189 g/mol. The average Bonchev–Trinajstić information content (AvgIpc) is 2.45. The van der Waals surface area contributed by atoms with E-state index in [9.17, 15) is 0 Å². The standard InChI is InChI=1S/C13H19N/c1-8-3-4-12-10-5-11(7-14-6-10)13(12)9(8)2/h3-4,8-11,14H,5-7H2,1-2H3. The highest BCUT2D eigenvalue weighted by atomic mass is 14.9. The second kappa shape index (κ2) is 2.96. The number of allylic oxidation sites excluding steroid dienone is 2. The van der Waals surface area contributed by atoms with Crippen LogP contribution in [0.3, 0.4) is 0 Å². The third-order valence-corrected chi connectivity index (χ3v) is 4.42. The highest BCUT2D eigenvalue weighted by Gasteiger charge is 2.39. The molecule has 1 nitrogen and oxygen atoms in total. The van der Waals surface area contributed by atoms with Gasteiger partial charge in [-0.15, -0.1) is 0 Å². The van der Waals surface area contributed by atoms with Crippen LogP contribution in [-0.2, 0) is 0 Å². The third kappa shape index (κ3) is 1.05. The summed E-state index contributed by atoms with van der Waals surface area (Å²) in [6.45, 7) is 7.19. The van der Waals surface area contributed by atoms with E-state index in [1.807, 2.05) is 0 Å². The molecule has 2 bridgehead atoms. The first-order valence-corrected chi connectivity index (χ1v) is 5.90. The van der Waals surface area contributed by atoms with E-state index in [-0.39, 0.29) is 0 Å². The predicted octanol–water partition coefficient (Wildman–Crippen LogP) is 2.36. The fraction of sp³-hybridized carbons (Fsp3) is 0.692. The van der Waals surface area contributed by atoms with E-state index in [4.69, 9.17) is 0 Å². The Hall–Kier alpha value is -0.560. The highest BCUT2D eigenvalue weighted by Crippen LogP contribution is 2.47. The number of hydrogen-bond acceptors (Lipinski definition) is 1. The van der Waals surface area contributed by atoms with Crippen LogP contribution >= 0.6 is 0 Å². The van der Waals surface area contributed by atoms with Gasteiger partial charge >= 0.3 is 0 Å². The van der Waals surface area contributed by atoms with Gasteiger partial charge in [0.25, 0.3) is 0 Å². The molecule has 0 saturated carbocycles. The molecular weight excluding hydrogens is 170 g/mol. The van der Waals surface area contributed by atoms with Gasteiger partial charge < -0.3 is 5.32 Å². The summed E-state index contributed by atoms with van der Waals surface area (Å²) in [6.07, 6.45) is 6.24. The summed E-state index contributed by atoms with van der Waals surface area (Å²) in [5.74, 6) is 3.21. The lowest BCUT2D eigenvalue weighted by atomic mass is 9.79. The maximum atomic E-state index is 3.56. The summed E-state index contributed by atoms with van der Waals surface area (Å²) >= 11 is 0. The SMILES string of the molecule is CC1C=CC2=C(C3CNCC2C3)C1C. The zero-order valence-corrected chi connectivity index (χ0v) is 9.09. The van der Waals surface area contributed by atoms with Crippen LogP contribution in [0.5, 0.6) is 0 Å². The Morgan fingerprint density at radius 1 is 1.21 bits per heavy atom. The van der Waals surface area contributed by atoms with Gasteiger partial charge in [-0.25, -0.2) is 0 Å². The second-order valence-electron chi connectivity index (χ2n) is 5.21. The Balaban J connectivity index is 2.03. The van der Waals surface area contributed by atoms with E-state index >= 15 is 0 Å². The summed E-state index contributed by atoms with van der Waals surface area (Å²) in [5.41, 5.74) is 3.47. The molecular formula is C13H19N. The molecule has 1 saturated heterocycles. The van der Waals surface area contributed by atoms with Crippen LogP contribution in [0.2, 0.25) is 0 Å². The lowest BCUT2D eigenvalue weighted by molar-refractivity contribution is 0.370. The molecule has 1 aliphatic heterocycles.